The molecular weight excluding hydrogens is 379 g/mol. The van der Waals surface area contributed by atoms with E-state index in [9.17, 15) is 22.8 Å². The quantitative estimate of drug-likeness (QED) is 0.740. The summed E-state index contributed by atoms with van der Waals surface area (Å²) in [6.45, 7) is 1.45. The van der Waals surface area contributed by atoms with E-state index in [1.54, 1.807) is 31.2 Å². The molecule has 1 aliphatic rings. The molecule has 1 aromatic rings. The molecule has 2 rings (SSSR count). The average molecular weight is 394 g/mol. The van der Waals surface area contributed by atoms with Crippen molar-refractivity contribution in [1.29, 1.82) is 0 Å². The number of carbonyl (C=O) groups excluding carboxylic acids is 2. The number of amides is 1. The van der Waals surface area contributed by atoms with E-state index in [0.29, 0.717) is 4.90 Å². The molecule has 0 saturated carbocycles. The molecule has 0 radical (unpaired) electrons. The highest BCUT2D eigenvalue weighted by molar-refractivity contribution is 9.10. The van der Waals surface area contributed by atoms with Gasteiger partial charge in [0.1, 0.15) is 6.04 Å². The number of alkyl halides is 3. The van der Waals surface area contributed by atoms with Crippen LogP contribution in [0.4, 0.5) is 13.2 Å². The van der Waals surface area contributed by atoms with Crippen LogP contribution in [0.25, 0.3) is 0 Å². The van der Waals surface area contributed by atoms with Crippen molar-refractivity contribution in [3.8, 4) is 0 Å². The van der Waals surface area contributed by atoms with Crippen molar-refractivity contribution in [2.24, 2.45) is 0 Å². The highest BCUT2D eigenvalue weighted by atomic mass is 79.9. The zero-order valence-electron chi connectivity index (χ0n) is 12.3. The molecule has 126 valence electrons. The summed E-state index contributed by atoms with van der Waals surface area (Å²) >= 11 is 3.28. The van der Waals surface area contributed by atoms with Crippen LogP contribution in [0.2, 0.25) is 0 Å². The van der Waals surface area contributed by atoms with Crippen LogP contribution >= 0.6 is 15.9 Å². The second-order valence-corrected chi connectivity index (χ2v) is 6.12. The van der Waals surface area contributed by atoms with Crippen molar-refractivity contribution >= 4 is 27.8 Å². The van der Waals surface area contributed by atoms with E-state index in [-0.39, 0.29) is 25.5 Å². The Balaban J connectivity index is 2.25. The third kappa shape index (κ3) is 4.04. The van der Waals surface area contributed by atoms with Crippen LogP contribution in [0, 0.1) is 0 Å². The van der Waals surface area contributed by atoms with Gasteiger partial charge in [0, 0.05) is 16.9 Å². The molecule has 0 bridgehead atoms. The zero-order valence-corrected chi connectivity index (χ0v) is 13.9. The predicted octanol–water partition coefficient (Wildman–Crippen LogP) is 3.26. The summed E-state index contributed by atoms with van der Waals surface area (Å²) in [5.74, 6) is -3.15. The number of nitrogens with zero attached hydrogens (tertiary/aromatic N) is 1. The van der Waals surface area contributed by atoms with Gasteiger partial charge in [0.05, 0.1) is 6.61 Å². The monoisotopic (exact) mass is 393 g/mol. The third-order valence-corrected chi connectivity index (χ3v) is 4.23. The van der Waals surface area contributed by atoms with Crippen molar-refractivity contribution in [3.63, 3.8) is 0 Å². The molecule has 8 heteroatoms. The number of hydrogen-bond donors (Lipinski definition) is 0. The summed E-state index contributed by atoms with van der Waals surface area (Å²) in [4.78, 5) is 24.1. The van der Waals surface area contributed by atoms with Gasteiger partial charge in [-0.25, -0.2) is 4.79 Å². The molecule has 1 saturated heterocycles. The van der Waals surface area contributed by atoms with Crippen molar-refractivity contribution in [1.82, 2.24) is 4.90 Å². The minimum atomic E-state index is -5.01. The van der Waals surface area contributed by atoms with Crippen LogP contribution in [-0.4, -0.2) is 42.1 Å². The molecule has 4 nitrogen and oxygen atoms in total. The van der Waals surface area contributed by atoms with E-state index in [1.807, 2.05) is 0 Å². The van der Waals surface area contributed by atoms with Gasteiger partial charge < -0.3 is 9.64 Å². The molecule has 1 aromatic carbocycles. The molecule has 0 unspecified atom stereocenters. The van der Waals surface area contributed by atoms with Crippen LogP contribution in [-0.2, 0) is 14.3 Å². The maximum absolute atomic E-state index is 12.8. The maximum Gasteiger partial charge on any atom is 0.471 e. The number of hydrogen-bond acceptors (Lipinski definition) is 3. The van der Waals surface area contributed by atoms with E-state index in [2.05, 4.69) is 15.9 Å². The van der Waals surface area contributed by atoms with Gasteiger partial charge in [-0.3, -0.25) is 4.79 Å². The molecular formula is C15H15BrF3NO3. The van der Waals surface area contributed by atoms with Crippen molar-refractivity contribution in [2.75, 3.05) is 13.2 Å². The number of halogens is 4. The SMILES string of the molecule is CCOC(=O)[C@@H]1C[C@@H](c2ccc(Br)cc2)CN1C(=O)C(F)(F)F. The molecule has 1 aliphatic heterocycles. The Bertz CT molecular complexity index is 589. The smallest absolute Gasteiger partial charge is 0.464 e. The van der Waals surface area contributed by atoms with Crippen LogP contribution in [0.3, 0.4) is 0 Å². The Hall–Kier alpha value is -1.57. The first-order valence-electron chi connectivity index (χ1n) is 7.04. The second-order valence-electron chi connectivity index (χ2n) is 5.21. The summed E-state index contributed by atoms with van der Waals surface area (Å²) < 4.78 is 43.9. The Labute approximate surface area is 139 Å². The number of likely N-dealkylation sites (tertiary alicyclic amines) is 1. The topological polar surface area (TPSA) is 46.6 Å². The lowest BCUT2D eigenvalue weighted by atomic mass is 9.96. The largest absolute Gasteiger partial charge is 0.471 e. The number of ether oxygens (including phenoxy) is 1. The second kappa shape index (κ2) is 6.90. The van der Waals surface area contributed by atoms with Crippen molar-refractivity contribution < 1.29 is 27.5 Å². The first kappa shape index (κ1) is 17.8. The van der Waals surface area contributed by atoms with Gasteiger partial charge in [-0.1, -0.05) is 28.1 Å². The molecule has 0 N–H and O–H groups in total. The van der Waals surface area contributed by atoms with E-state index >= 15 is 0 Å². The molecule has 1 fully saturated rings. The number of rotatable bonds is 3. The predicted molar refractivity (Wildman–Crippen MR) is 79.7 cm³/mol. The van der Waals surface area contributed by atoms with Gasteiger partial charge in [0.15, 0.2) is 0 Å². The maximum atomic E-state index is 12.8. The lowest BCUT2D eigenvalue weighted by Crippen LogP contribution is -2.47. The molecule has 1 heterocycles. The number of benzene rings is 1. The molecule has 2 atom stereocenters. The fraction of sp³-hybridized carbons (Fsp3) is 0.467. The highest BCUT2D eigenvalue weighted by Gasteiger charge is 2.50. The molecule has 23 heavy (non-hydrogen) atoms. The number of esters is 1. The fourth-order valence-corrected chi connectivity index (χ4v) is 2.93. The molecule has 0 aliphatic carbocycles. The van der Waals surface area contributed by atoms with Gasteiger partial charge in [-0.15, -0.1) is 0 Å². The van der Waals surface area contributed by atoms with Crippen LogP contribution in [0.15, 0.2) is 28.7 Å². The first-order chi connectivity index (χ1) is 10.7. The number of carbonyl (C=O) groups is 2. The summed E-state index contributed by atoms with van der Waals surface area (Å²) in [7, 11) is 0. The van der Waals surface area contributed by atoms with Gasteiger partial charge in [0.25, 0.3) is 0 Å². The lowest BCUT2D eigenvalue weighted by Gasteiger charge is -2.23. The summed E-state index contributed by atoms with van der Waals surface area (Å²) in [5, 5.41) is 0. The van der Waals surface area contributed by atoms with Gasteiger partial charge in [-0.05, 0) is 31.0 Å². The minimum Gasteiger partial charge on any atom is -0.464 e. The summed E-state index contributed by atoms with van der Waals surface area (Å²) in [6, 6.07) is 5.85. The Morgan fingerprint density at radius 2 is 1.91 bits per heavy atom. The standard InChI is InChI=1S/C15H15BrF3NO3/c1-2-23-13(21)12-7-10(9-3-5-11(16)6-4-9)8-20(12)14(22)15(17,18)19/h3-6,10,12H,2,7-8H2,1H3/t10-,12+/m1/s1. The average Bonchev–Trinajstić information content (AvgIpc) is 2.91. The van der Waals surface area contributed by atoms with E-state index < -0.39 is 24.1 Å². The van der Waals surface area contributed by atoms with E-state index in [0.717, 1.165) is 10.0 Å². The normalized spacial score (nSPS) is 21.3. The van der Waals surface area contributed by atoms with Crippen LogP contribution in [0.5, 0.6) is 0 Å². The van der Waals surface area contributed by atoms with E-state index in [1.165, 1.54) is 0 Å². The van der Waals surface area contributed by atoms with Crippen molar-refractivity contribution in [2.45, 2.75) is 31.5 Å². The lowest BCUT2D eigenvalue weighted by molar-refractivity contribution is -0.188. The molecule has 0 spiro atoms. The Morgan fingerprint density at radius 3 is 2.43 bits per heavy atom. The van der Waals surface area contributed by atoms with Crippen molar-refractivity contribution in [3.05, 3.63) is 34.3 Å². The highest BCUT2D eigenvalue weighted by Crippen LogP contribution is 2.35. The zero-order chi connectivity index (χ0) is 17.2. The van der Waals surface area contributed by atoms with Gasteiger partial charge >= 0.3 is 18.1 Å². The van der Waals surface area contributed by atoms with Gasteiger partial charge in [0.2, 0.25) is 0 Å². The summed E-state index contributed by atoms with van der Waals surface area (Å²) in [6.07, 6.45) is -4.90. The van der Waals surface area contributed by atoms with Gasteiger partial charge in [-0.2, -0.15) is 13.2 Å². The summed E-state index contributed by atoms with van der Waals surface area (Å²) in [5.41, 5.74) is 0.778. The Kier molecular flexibility index (Phi) is 5.33. The minimum absolute atomic E-state index is 0.0479. The molecule has 0 aromatic heterocycles. The Morgan fingerprint density at radius 1 is 1.30 bits per heavy atom. The third-order valence-electron chi connectivity index (χ3n) is 3.70. The fourth-order valence-electron chi connectivity index (χ4n) is 2.66. The van der Waals surface area contributed by atoms with Crippen LogP contribution < -0.4 is 0 Å². The first-order valence-corrected chi connectivity index (χ1v) is 7.83. The van der Waals surface area contributed by atoms with E-state index in [4.69, 9.17) is 4.74 Å². The molecule has 1 amide bonds. The van der Waals surface area contributed by atoms with Crippen LogP contribution in [0.1, 0.15) is 24.8 Å².